The molecule has 0 unspecified atom stereocenters. The van der Waals surface area contributed by atoms with E-state index in [0.717, 1.165) is 25.2 Å². The molecule has 7 nitrogen and oxygen atoms in total. The molecule has 4 amide bonds. The van der Waals surface area contributed by atoms with Crippen LogP contribution in [0.5, 0.6) is 0 Å². The molecule has 2 saturated heterocycles. The van der Waals surface area contributed by atoms with Crippen molar-refractivity contribution in [3.63, 3.8) is 0 Å². The number of rotatable bonds is 7. The van der Waals surface area contributed by atoms with E-state index in [2.05, 4.69) is 22.3 Å². The van der Waals surface area contributed by atoms with Gasteiger partial charge in [-0.25, -0.2) is 4.79 Å². The highest BCUT2D eigenvalue weighted by Crippen LogP contribution is 2.16. The smallest absolute Gasteiger partial charge is 0.325 e. The monoisotopic (exact) mass is 420 g/mol. The highest BCUT2D eigenvalue weighted by atomic mass is 16.2. The van der Waals surface area contributed by atoms with Gasteiger partial charge in [0, 0.05) is 39.1 Å². The van der Waals surface area contributed by atoms with Gasteiger partial charge in [-0.15, -0.1) is 0 Å². The van der Waals surface area contributed by atoms with Crippen molar-refractivity contribution in [2.75, 3.05) is 26.2 Å². The van der Waals surface area contributed by atoms with Crippen molar-refractivity contribution < 1.29 is 14.4 Å². The van der Waals surface area contributed by atoms with Gasteiger partial charge in [0.2, 0.25) is 5.91 Å². The summed E-state index contributed by atoms with van der Waals surface area (Å²) in [5, 5.41) is 2.73. The first kappa shape index (κ1) is 21.1. The van der Waals surface area contributed by atoms with E-state index in [-0.39, 0.29) is 30.8 Å². The quantitative estimate of drug-likeness (QED) is 0.698. The maximum absolute atomic E-state index is 12.7. The van der Waals surface area contributed by atoms with Gasteiger partial charge in [-0.3, -0.25) is 19.4 Å². The first-order valence-electron chi connectivity index (χ1n) is 10.8. The minimum absolute atomic E-state index is 0.0444. The molecule has 2 fully saturated rings. The molecule has 1 atom stereocenters. The largest absolute Gasteiger partial charge is 0.340 e. The summed E-state index contributed by atoms with van der Waals surface area (Å²) in [5.74, 6) is -0.211. The minimum Gasteiger partial charge on any atom is -0.340 e. The van der Waals surface area contributed by atoms with Crippen LogP contribution < -0.4 is 5.32 Å². The summed E-state index contributed by atoms with van der Waals surface area (Å²) in [7, 11) is 0. The van der Waals surface area contributed by atoms with Crippen molar-refractivity contribution >= 4 is 17.8 Å². The number of urea groups is 1. The molecule has 162 valence electrons. The average molecular weight is 421 g/mol. The third-order valence-electron chi connectivity index (χ3n) is 5.91. The van der Waals surface area contributed by atoms with Crippen LogP contribution in [0.2, 0.25) is 0 Å². The molecule has 0 bridgehead atoms. The lowest BCUT2D eigenvalue weighted by molar-refractivity contribution is -0.133. The third kappa shape index (κ3) is 5.30. The van der Waals surface area contributed by atoms with E-state index in [4.69, 9.17) is 0 Å². The molecule has 0 radical (unpaired) electrons. The standard InChI is InChI=1S/C24H28N4O3/c29-22(27-15-13-26(14-16-27)17-19-7-3-1-4-8-19)12-11-21-23(30)28(24(31)25-21)18-20-9-5-2-6-10-20/h1-10,21H,11-18H2,(H,25,31)/t21-/m0/s1. The van der Waals surface area contributed by atoms with Gasteiger partial charge in [-0.2, -0.15) is 0 Å². The number of piperazine rings is 1. The Morgan fingerprint density at radius 1 is 0.839 bits per heavy atom. The summed E-state index contributed by atoms with van der Waals surface area (Å²) in [5.41, 5.74) is 2.17. The van der Waals surface area contributed by atoms with Crippen molar-refractivity contribution in [3.8, 4) is 0 Å². The Morgan fingerprint density at radius 3 is 2.03 bits per heavy atom. The Hall–Kier alpha value is -3.19. The summed E-state index contributed by atoms with van der Waals surface area (Å²) in [6.45, 7) is 4.20. The van der Waals surface area contributed by atoms with Gasteiger partial charge in [0.25, 0.3) is 5.91 Å². The fourth-order valence-corrected chi connectivity index (χ4v) is 4.11. The highest BCUT2D eigenvalue weighted by Gasteiger charge is 2.38. The van der Waals surface area contributed by atoms with Crippen molar-refractivity contribution in [1.29, 1.82) is 0 Å². The van der Waals surface area contributed by atoms with Gasteiger partial charge in [0.1, 0.15) is 6.04 Å². The number of benzene rings is 2. The number of imide groups is 1. The van der Waals surface area contributed by atoms with Crippen molar-refractivity contribution in [2.45, 2.75) is 32.0 Å². The molecule has 2 aliphatic rings. The molecule has 1 N–H and O–H groups in total. The average Bonchev–Trinajstić information content (AvgIpc) is 3.07. The van der Waals surface area contributed by atoms with Gasteiger partial charge < -0.3 is 10.2 Å². The molecule has 2 aromatic carbocycles. The van der Waals surface area contributed by atoms with Crippen LogP contribution in [0.3, 0.4) is 0 Å². The van der Waals surface area contributed by atoms with Gasteiger partial charge in [0.05, 0.1) is 6.54 Å². The zero-order chi connectivity index (χ0) is 21.6. The molecular formula is C24H28N4O3. The number of amides is 4. The van der Waals surface area contributed by atoms with Crippen molar-refractivity contribution in [3.05, 3.63) is 71.8 Å². The van der Waals surface area contributed by atoms with Crippen LogP contribution in [-0.4, -0.2) is 64.8 Å². The van der Waals surface area contributed by atoms with Crippen LogP contribution in [0, 0.1) is 0 Å². The van der Waals surface area contributed by atoms with E-state index < -0.39 is 6.04 Å². The topological polar surface area (TPSA) is 73.0 Å². The van der Waals surface area contributed by atoms with E-state index in [0.29, 0.717) is 19.5 Å². The molecule has 2 aromatic rings. The minimum atomic E-state index is -0.625. The molecule has 2 heterocycles. The van der Waals surface area contributed by atoms with Crippen LogP contribution in [0.15, 0.2) is 60.7 Å². The lowest BCUT2D eigenvalue weighted by Gasteiger charge is -2.35. The Bertz CT molecular complexity index is 911. The Kier molecular flexibility index (Phi) is 6.62. The number of nitrogens with one attached hydrogen (secondary N) is 1. The van der Waals surface area contributed by atoms with E-state index >= 15 is 0 Å². The van der Waals surface area contributed by atoms with Crippen LogP contribution in [0.4, 0.5) is 4.79 Å². The fourth-order valence-electron chi connectivity index (χ4n) is 4.11. The second kappa shape index (κ2) is 9.75. The number of hydrogen-bond acceptors (Lipinski definition) is 4. The van der Waals surface area contributed by atoms with Gasteiger partial charge in [-0.05, 0) is 17.5 Å². The van der Waals surface area contributed by atoms with Crippen LogP contribution in [0.25, 0.3) is 0 Å². The van der Waals surface area contributed by atoms with Crippen LogP contribution >= 0.6 is 0 Å². The maximum atomic E-state index is 12.7. The molecule has 31 heavy (non-hydrogen) atoms. The van der Waals surface area contributed by atoms with E-state index in [1.54, 1.807) is 0 Å². The summed E-state index contributed by atoms with van der Waals surface area (Å²) in [6, 6.07) is 18.7. The zero-order valence-electron chi connectivity index (χ0n) is 17.6. The summed E-state index contributed by atoms with van der Waals surface area (Å²) in [4.78, 5) is 43.0. The number of carbonyl (C=O) groups excluding carboxylic acids is 3. The van der Waals surface area contributed by atoms with Crippen molar-refractivity contribution in [1.82, 2.24) is 20.0 Å². The lowest BCUT2D eigenvalue weighted by Crippen LogP contribution is -2.48. The summed E-state index contributed by atoms with van der Waals surface area (Å²) in [6.07, 6.45) is 0.591. The van der Waals surface area contributed by atoms with Gasteiger partial charge >= 0.3 is 6.03 Å². The number of hydrogen-bond donors (Lipinski definition) is 1. The lowest BCUT2D eigenvalue weighted by atomic mass is 10.1. The number of nitrogens with zero attached hydrogens (tertiary/aromatic N) is 3. The van der Waals surface area contributed by atoms with Gasteiger partial charge in [0.15, 0.2) is 0 Å². The first-order valence-corrected chi connectivity index (χ1v) is 10.8. The molecule has 0 aromatic heterocycles. The van der Waals surface area contributed by atoms with Crippen molar-refractivity contribution in [2.24, 2.45) is 0 Å². The predicted octanol–water partition coefficient (Wildman–Crippen LogP) is 2.23. The van der Waals surface area contributed by atoms with E-state index in [9.17, 15) is 14.4 Å². The molecule has 0 spiro atoms. The predicted molar refractivity (Wildman–Crippen MR) is 117 cm³/mol. The Balaban J connectivity index is 1.22. The molecule has 0 saturated carbocycles. The Morgan fingerprint density at radius 2 is 1.42 bits per heavy atom. The van der Waals surface area contributed by atoms with Crippen LogP contribution in [-0.2, 0) is 22.7 Å². The van der Waals surface area contributed by atoms with Crippen LogP contribution in [0.1, 0.15) is 24.0 Å². The molecule has 0 aliphatic carbocycles. The van der Waals surface area contributed by atoms with Gasteiger partial charge in [-0.1, -0.05) is 60.7 Å². The zero-order valence-corrected chi connectivity index (χ0v) is 17.6. The summed E-state index contributed by atoms with van der Waals surface area (Å²) >= 11 is 0. The third-order valence-corrected chi connectivity index (χ3v) is 5.91. The molecular weight excluding hydrogens is 392 g/mol. The second-order valence-electron chi connectivity index (χ2n) is 8.09. The van der Waals surface area contributed by atoms with E-state index in [1.807, 2.05) is 53.4 Å². The normalized spacial score (nSPS) is 19.5. The fraction of sp³-hybridized carbons (Fsp3) is 0.375. The molecule has 7 heteroatoms. The SMILES string of the molecule is O=C(CC[C@@H]1NC(=O)N(Cc2ccccc2)C1=O)N1CCN(Cc2ccccc2)CC1. The molecule has 2 aliphatic heterocycles. The maximum Gasteiger partial charge on any atom is 0.325 e. The highest BCUT2D eigenvalue weighted by molar-refractivity contribution is 6.04. The van der Waals surface area contributed by atoms with E-state index in [1.165, 1.54) is 10.5 Å². The number of carbonyl (C=O) groups is 3. The first-order chi connectivity index (χ1) is 15.1. The summed E-state index contributed by atoms with van der Waals surface area (Å²) < 4.78 is 0. The second-order valence-corrected chi connectivity index (χ2v) is 8.09. The molecule has 4 rings (SSSR count). The Labute approximate surface area is 182 Å².